The number of rotatable bonds is 6. The van der Waals surface area contributed by atoms with Crippen LogP contribution in [0.3, 0.4) is 0 Å². The molecule has 1 aromatic rings. The number of hydrogen-bond donors (Lipinski definition) is 4. The third-order valence-corrected chi connectivity index (χ3v) is 5.19. The van der Waals surface area contributed by atoms with E-state index in [-0.39, 0.29) is 11.5 Å². The predicted octanol–water partition coefficient (Wildman–Crippen LogP) is -0.367. The van der Waals surface area contributed by atoms with Crippen LogP contribution in [0.25, 0.3) is 0 Å². The van der Waals surface area contributed by atoms with E-state index in [4.69, 9.17) is 0 Å². The summed E-state index contributed by atoms with van der Waals surface area (Å²) in [6, 6.07) is -1.16. The second-order valence-electron chi connectivity index (χ2n) is 3.67. The van der Waals surface area contributed by atoms with Crippen molar-refractivity contribution in [2.24, 2.45) is 0 Å². The molecule has 0 aliphatic carbocycles. The molecular weight excluding hydrogens is 364 g/mol. The van der Waals surface area contributed by atoms with E-state index < -0.39 is 23.9 Å². The third-order valence-electron chi connectivity index (χ3n) is 2.00. The van der Waals surface area contributed by atoms with Gasteiger partial charge in [0, 0.05) is 14.1 Å². The average molecular weight is 378 g/mol. The van der Waals surface area contributed by atoms with Crippen molar-refractivity contribution in [3.63, 3.8) is 0 Å². The van der Waals surface area contributed by atoms with E-state index in [9.17, 15) is 19.2 Å². The van der Waals surface area contributed by atoms with E-state index in [2.05, 4.69) is 31.5 Å². The van der Waals surface area contributed by atoms with Crippen LogP contribution in [0, 0.1) is 0 Å². The molecule has 0 saturated carbocycles. The molecule has 0 bridgehead atoms. The Morgan fingerprint density at radius 1 is 0.870 bits per heavy atom. The normalized spacial score (nSPS) is 9.83. The van der Waals surface area contributed by atoms with Crippen molar-refractivity contribution >= 4 is 58.7 Å². The lowest BCUT2D eigenvalue weighted by Crippen LogP contribution is -2.38. The molecule has 23 heavy (non-hydrogen) atoms. The van der Waals surface area contributed by atoms with Crippen molar-refractivity contribution < 1.29 is 19.2 Å². The molecule has 0 aromatic carbocycles. The molecule has 0 spiro atoms. The Hall–Kier alpha value is -1.86. The van der Waals surface area contributed by atoms with Crippen molar-refractivity contribution in [1.29, 1.82) is 0 Å². The van der Waals surface area contributed by atoms with Gasteiger partial charge >= 0.3 is 12.1 Å². The number of nitrogens with zero attached hydrogens (tertiary/aromatic N) is 2. The molecule has 1 rings (SSSR count). The van der Waals surface area contributed by atoms with Gasteiger partial charge in [0.15, 0.2) is 8.68 Å². The number of hydrogen-bond acceptors (Lipinski definition) is 9. The maximum Gasteiger partial charge on any atom is 0.321 e. The highest BCUT2D eigenvalue weighted by Gasteiger charge is 2.12. The number of nitrogens with one attached hydrogen (secondary N) is 4. The summed E-state index contributed by atoms with van der Waals surface area (Å²) in [6.45, 7) is 0. The Morgan fingerprint density at radius 3 is 1.61 bits per heavy atom. The molecule has 4 N–H and O–H groups in total. The fraction of sp³-hybridized carbons (Fsp3) is 0.400. The Labute approximate surface area is 143 Å². The highest BCUT2D eigenvalue weighted by atomic mass is 32.2. The molecule has 6 amide bonds. The predicted molar refractivity (Wildman–Crippen MR) is 86.6 cm³/mol. The van der Waals surface area contributed by atoms with Gasteiger partial charge in [-0.1, -0.05) is 34.9 Å². The average Bonchev–Trinajstić information content (AvgIpc) is 2.98. The highest BCUT2D eigenvalue weighted by Crippen LogP contribution is 2.28. The summed E-state index contributed by atoms with van der Waals surface area (Å²) in [7, 11) is 2.81. The van der Waals surface area contributed by atoms with Crippen LogP contribution >= 0.6 is 34.9 Å². The Kier molecular flexibility index (Phi) is 8.36. The van der Waals surface area contributed by atoms with E-state index in [0.717, 1.165) is 23.5 Å². The minimum atomic E-state index is -0.578. The van der Waals surface area contributed by atoms with Crippen molar-refractivity contribution in [2.75, 3.05) is 25.6 Å². The zero-order valence-electron chi connectivity index (χ0n) is 12.2. The van der Waals surface area contributed by atoms with E-state index in [1.54, 1.807) is 0 Å². The summed E-state index contributed by atoms with van der Waals surface area (Å²) in [5, 5.41) is 16.5. The lowest BCUT2D eigenvalue weighted by atomic mass is 10.7. The van der Waals surface area contributed by atoms with Gasteiger partial charge in [-0.25, -0.2) is 9.59 Å². The lowest BCUT2D eigenvalue weighted by molar-refractivity contribution is -0.118. The number of amides is 6. The Morgan fingerprint density at radius 2 is 1.26 bits per heavy atom. The summed E-state index contributed by atoms with van der Waals surface area (Å²) in [5.74, 6) is -0.874. The molecule has 0 unspecified atom stereocenters. The van der Waals surface area contributed by atoms with Gasteiger partial charge in [0.2, 0.25) is 11.8 Å². The summed E-state index contributed by atoms with van der Waals surface area (Å²) >= 11 is 3.46. The first-order chi connectivity index (χ1) is 10.9. The van der Waals surface area contributed by atoms with E-state index in [1.165, 1.54) is 25.4 Å². The zero-order chi connectivity index (χ0) is 17.2. The van der Waals surface area contributed by atoms with Crippen LogP contribution in [0.5, 0.6) is 0 Å². The zero-order valence-corrected chi connectivity index (χ0v) is 14.6. The number of urea groups is 2. The molecule has 0 aliphatic rings. The van der Waals surface area contributed by atoms with Crippen LogP contribution in [0.2, 0.25) is 0 Å². The summed E-state index contributed by atoms with van der Waals surface area (Å²) < 4.78 is 1.07. The minimum Gasteiger partial charge on any atom is -0.341 e. The van der Waals surface area contributed by atoms with Crippen molar-refractivity contribution in [3.8, 4) is 0 Å². The molecule has 0 fully saturated rings. The molecule has 126 valence electrons. The summed E-state index contributed by atoms with van der Waals surface area (Å²) in [6.07, 6.45) is 0. The SMILES string of the molecule is CNC(=O)NC(=O)CSc1nnc(SCC(=O)NC(=O)NC)s1. The maximum atomic E-state index is 11.4. The van der Waals surface area contributed by atoms with Gasteiger partial charge in [-0.3, -0.25) is 20.2 Å². The molecule has 0 saturated heterocycles. The van der Waals surface area contributed by atoms with Gasteiger partial charge in [-0.15, -0.1) is 10.2 Å². The smallest absolute Gasteiger partial charge is 0.321 e. The number of imide groups is 2. The molecule has 0 aliphatic heterocycles. The summed E-state index contributed by atoms with van der Waals surface area (Å²) in [5.41, 5.74) is 0. The van der Waals surface area contributed by atoms with Gasteiger partial charge < -0.3 is 10.6 Å². The second kappa shape index (κ2) is 10.0. The molecule has 1 heterocycles. The fourth-order valence-corrected chi connectivity index (χ4v) is 3.64. The van der Waals surface area contributed by atoms with E-state index in [1.807, 2.05) is 0 Å². The van der Waals surface area contributed by atoms with Crippen molar-refractivity contribution in [1.82, 2.24) is 31.5 Å². The van der Waals surface area contributed by atoms with Gasteiger partial charge in [-0.05, 0) is 0 Å². The van der Waals surface area contributed by atoms with Crippen LogP contribution < -0.4 is 21.3 Å². The van der Waals surface area contributed by atoms with E-state index in [0.29, 0.717) is 8.68 Å². The van der Waals surface area contributed by atoms with Gasteiger partial charge in [0.05, 0.1) is 11.5 Å². The van der Waals surface area contributed by atoms with Gasteiger partial charge in [0.25, 0.3) is 0 Å². The number of carbonyl (C=O) groups is 4. The molecule has 1 aromatic heterocycles. The van der Waals surface area contributed by atoms with Crippen molar-refractivity contribution in [3.05, 3.63) is 0 Å². The highest BCUT2D eigenvalue weighted by molar-refractivity contribution is 8.03. The molecule has 13 heteroatoms. The standard InChI is InChI=1S/C10H14N6O4S3/c1-11-7(19)13-5(17)3-21-9-15-16-10(23-9)22-4-6(18)14-8(20)12-2/h3-4H2,1-2H3,(H2,11,13,17,19)(H2,12,14,18,20). The summed E-state index contributed by atoms with van der Waals surface area (Å²) in [4.78, 5) is 44.7. The largest absolute Gasteiger partial charge is 0.341 e. The monoisotopic (exact) mass is 378 g/mol. The molecule has 0 atom stereocenters. The first-order valence-corrected chi connectivity index (χ1v) is 8.85. The van der Waals surface area contributed by atoms with Gasteiger partial charge in [-0.2, -0.15) is 0 Å². The Balaban J connectivity index is 2.34. The van der Waals surface area contributed by atoms with Crippen LogP contribution in [-0.2, 0) is 9.59 Å². The molecular formula is C10H14N6O4S3. The van der Waals surface area contributed by atoms with Crippen LogP contribution in [0.15, 0.2) is 8.68 Å². The number of aromatic nitrogens is 2. The number of thioether (sulfide) groups is 2. The van der Waals surface area contributed by atoms with Crippen LogP contribution in [-0.4, -0.2) is 59.7 Å². The second-order valence-corrected chi connectivity index (χ2v) is 7.09. The first-order valence-electron chi connectivity index (χ1n) is 6.06. The third kappa shape index (κ3) is 7.80. The van der Waals surface area contributed by atoms with Crippen molar-refractivity contribution in [2.45, 2.75) is 8.68 Å². The lowest BCUT2D eigenvalue weighted by Gasteiger charge is -2.01. The maximum absolute atomic E-state index is 11.4. The number of carbonyl (C=O) groups excluding carboxylic acids is 4. The quantitative estimate of drug-likeness (QED) is 0.491. The first kappa shape index (κ1) is 19.2. The molecule has 10 nitrogen and oxygen atoms in total. The Bertz CT molecular complexity index is 544. The minimum absolute atomic E-state index is 0.0177. The topological polar surface area (TPSA) is 142 Å². The van der Waals surface area contributed by atoms with Crippen LogP contribution in [0.4, 0.5) is 9.59 Å². The molecule has 0 radical (unpaired) electrons. The van der Waals surface area contributed by atoms with E-state index >= 15 is 0 Å². The van der Waals surface area contributed by atoms with Crippen LogP contribution in [0.1, 0.15) is 0 Å². The fourth-order valence-electron chi connectivity index (χ4n) is 1.02. The van der Waals surface area contributed by atoms with Gasteiger partial charge in [0.1, 0.15) is 0 Å².